The van der Waals surface area contributed by atoms with Crippen LogP contribution >= 0.6 is 0 Å². The van der Waals surface area contributed by atoms with Crippen LogP contribution in [0.25, 0.3) is 10.9 Å². The van der Waals surface area contributed by atoms with E-state index in [1.807, 2.05) is 24.3 Å². The fourth-order valence-corrected chi connectivity index (χ4v) is 5.19. The first-order chi connectivity index (χ1) is 14.2. The van der Waals surface area contributed by atoms with E-state index in [4.69, 9.17) is 9.57 Å². The zero-order valence-corrected chi connectivity index (χ0v) is 17.0. The monoisotopic (exact) mass is 395 g/mol. The molecule has 154 valence electrons. The topological polar surface area (TPSA) is 67.2 Å². The van der Waals surface area contributed by atoms with Crippen LogP contribution in [0.4, 0.5) is 0 Å². The highest BCUT2D eigenvalue weighted by Crippen LogP contribution is 2.39. The first kappa shape index (κ1) is 18.8. The second-order valence-electron chi connectivity index (χ2n) is 8.58. The van der Waals surface area contributed by atoms with E-state index in [-0.39, 0.29) is 6.04 Å². The molecule has 1 aromatic carbocycles. The fraction of sp³-hybridized carbons (Fsp3) is 0.565. The molecular weight excluding hydrogens is 366 g/mol. The Bertz CT molecular complexity index is 909. The second-order valence-corrected chi connectivity index (χ2v) is 8.58. The molecule has 0 amide bonds. The number of aliphatic hydroxyl groups excluding tert-OH is 1. The van der Waals surface area contributed by atoms with E-state index in [1.165, 1.54) is 12.8 Å². The smallest absolute Gasteiger partial charge is 0.127 e. The van der Waals surface area contributed by atoms with Crippen LogP contribution in [0, 0.1) is 5.92 Å². The first-order valence-corrected chi connectivity index (χ1v) is 10.8. The van der Waals surface area contributed by atoms with Crippen LogP contribution in [0.15, 0.2) is 35.6 Å². The van der Waals surface area contributed by atoms with Crippen LogP contribution in [0.2, 0.25) is 0 Å². The lowest BCUT2D eigenvalue weighted by Crippen LogP contribution is -2.55. The summed E-state index contributed by atoms with van der Waals surface area (Å²) in [5.41, 5.74) is 2.96. The Balaban J connectivity index is 1.36. The SMILES string of the molecule is COc1ccc2nccc([C@@H](O)[C@@H]3C[C@@H]4CCN3C/C4=N/OC3CCCC3)c2c1. The summed E-state index contributed by atoms with van der Waals surface area (Å²) in [5.74, 6) is 1.19. The van der Waals surface area contributed by atoms with Gasteiger partial charge in [-0.15, -0.1) is 0 Å². The van der Waals surface area contributed by atoms with Crippen molar-refractivity contribution >= 4 is 16.6 Å². The van der Waals surface area contributed by atoms with Gasteiger partial charge in [-0.1, -0.05) is 5.16 Å². The lowest BCUT2D eigenvalue weighted by Gasteiger charge is -2.47. The van der Waals surface area contributed by atoms with E-state index >= 15 is 0 Å². The summed E-state index contributed by atoms with van der Waals surface area (Å²) in [5, 5.41) is 16.8. The van der Waals surface area contributed by atoms with Gasteiger partial charge in [-0.05, 0) is 74.9 Å². The van der Waals surface area contributed by atoms with E-state index in [1.54, 1.807) is 13.3 Å². The molecule has 1 unspecified atom stereocenters. The van der Waals surface area contributed by atoms with Gasteiger partial charge in [-0.25, -0.2) is 0 Å². The molecule has 6 nitrogen and oxygen atoms in total. The number of nitrogens with zero attached hydrogens (tertiary/aromatic N) is 3. The molecule has 6 heteroatoms. The molecule has 4 aliphatic rings. The lowest BCUT2D eigenvalue weighted by atomic mass is 9.78. The van der Waals surface area contributed by atoms with Crippen LogP contribution in [0.5, 0.6) is 5.75 Å². The van der Waals surface area contributed by atoms with Crippen LogP contribution < -0.4 is 4.74 Å². The third-order valence-corrected chi connectivity index (χ3v) is 6.88. The van der Waals surface area contributed by atoms with Gasteiger partial charge in [0.05, 0.1) is 24.4 Å². The quantitative estimate of drug-likeness (QED) is 0.782. The highest BCUT2D eigenvalue weighted by atomic mass is 16.6. The van der Waals surface area contributed by atoms with Crippen LogP contribution in [0.1, 0.15) is 50.2 Å². The van der Waals surface area contributed by atoms with Gasteiger partial charge < -0.3 is 14.7 Å². The van der Waals surface area contributed by atoms with Gasteiger partial charge in [-0.3, -0.25) is 9.88 Å². The number of hydrogen-bond acceptors (Lipinski definition) is 6. The molecule has 2 aromatic rings. The van der Waals surface area contributed by atoms with Gasteiger partial charge in [-0.2, -0.15) is 0 Å². The average molecular weight is 396 g/mol. The predicted octanol–water partition coefficient (Wildman–Crippen LogP) is 3.69. The molecule has 1 aromatic heterocycles. The third kappa shape index (κ3) is 3.60. The fourth-order valence-electron chi connectivity index (χ4n) is 5.19. The van der Waals surface area contributed by atoms with Gasteiger partial charge in [0.2, 0.25) is 0 Å². The van der Waals surface area contributed by atoms with Crippen LogP contribution in [-0.2, 0) is 4.84 Å². The van der Waals surface area contributed by atoms with Gasteiger partial charge in [0.15, 0.2) is 0 Å². The summed E-state index contributed by atoms with van der Waals surface area (Å²) in [7, 11) is 1.66. The molecule has 0 radical (unpaired) electrons. The summed E-state index contributed by atoms with van der Waals surface area (Å²) >= 11 is 0. The summed E-state index contributed by atoms with van der Waals surface area (Å²) in [6.45, 7) is 1.80. The molecule has 1 saturated carbocycles. The van der Waals surface area contributed by atoms with E-state index in [0.29, 0.717) is 12.0 Å². The maximum absolute atomic E-state index is 11.3. The zero-order chi connectivity index (χ0) is 19.8. The van der Waals surface area contributed by atoms with Crippen molar-refractivity contribution < 1.29 is 14.7 Å². The average Bonchev–Trinajstić information content (AvgIpc) is 3.30. The molecule has 2 bridgehead atoms. The molecule has 0 spiro atoms. The minimum absolute atomic E-state index is 0.0935. The van der Waals surface area contributed by atoms with Gasteiger partial charge in [0.1, 0.15) is 11.9 Å². The standard InChI is InChI=1S/C23H29N3O3/c1-28-17-6-7-20-19(13-17)18(8-10-24-20)23(27)22-12-15-9-11-26(22)14-21(15)25-29-16-4-2-3-5-16/h6-8,10,13,15-16,22-23,27H,2-5,9,11-12,14H2,1H3/b25-21-/t15-,22-,23+/m0/s1. The van der Waals surface area contributed by atoms with Crippen molar-refractivity contribution in [1.29, 1.82) is 0 Å². The Kier molecular flexibility index (Phi) is 5.14. The Hall–Kier alpha value is -2.18. The number of methoxy groups -OCH3 is 1. The lowest BCUT2D eigenvalue weighted by molar-refractivity contribution is 0.00656. The normalized spacial score (nSPS) is 29.4. The van der Waals surface area contributed by atoms with Crippen molar-refractivity contribution in [2.75, 3.05) is 20.2 Å². The van der Waals surface area contributed by atoms with Gasteiger partial charge >= 0.3 is 0 Å². The van der Waals surface area contributed by atoms with E-state index in [2.05, 4.69) is 15.0 Å². The molecule has 29 heavy (non-hydrogen) atoms. The minimum atomic E-state index is -0.562. The second kappa shape index (κ2) is 7.92. The van der Waals surface area contributed by atoms with Crippen molar-refractivity contribution in [3.63, 3.8) is 0 Å². The number of piperidine rings is 3. The number of oxime groups is 1. The number of hydrogen-bond donors (Lipinski definition) is 1. The maximum Gasteiger partial charge on any atom is 0.127 e. The number of aliphatic hydroxyl groups is 1. The van der Waals surface area contributed by atoms with Crippen LogP contribution in [0.3, 0.4) is 0 Å². The van der Waals surface area contributed by atoms with Crippen molar-refractivity contribution in [3.05, 3.63) is 36.0 Å². The number of pyridine rings is 1. The van der Waals surface area contributed by atoms with E-state index < -0.39 is 6.10 Å². The number of ether oxygens (including phenoxy) is 1. The van der Waals surface area contributed by atoms with Gasteiger partial charge in [0, 0.05) is 30.1 Å². The highest BCUT2D eigenvalue weighted by Gasteiger charge is 2.42. The van der Waals surface area contributed by atoms with Crippen LogP contribution in [-0.4, -0.2) is 53.0 Å². The molecule has 4 fully saturated rings. The summed E-state index contributed by atoms with van der Waals surface area (Å²) < 4.78 is 5.39. The highest BCUT2D eigenvalue weighted by molar-refractivity contribution is 5.90. The third-order valence-electron chi connectivity index (χ3n) is 6.88. The zero-order valence-electron chi connectivity index (χ0n) is 17.0. The predicted molar refractivity (Wildman–Crippen MR) is 112 cm³/mol. The van der Waals surface area contributed by atoms with E-state index in [9.17, 15) is 5.11 Å². The first-order valence-electron chi connectivity index (χ1n) is 10.8. The summed E-state index contributed by atoms with van der Waals surface area (Å²) in [4.78, 5) is 12.7. The molecule has 4 heterocycles. The molecule has 6 rings (SSSR count). The molecule has 4 atom stereocenters. The minimum Gasteiger partial charge on any atom is -0.497 e. The van der Waals surface area contributed by atoms with Crippen molar-refractivity contribution in [2.45, 2.75) is 56.8 Å². The van der Waals surface area contributed by atoms with Crippen molar-refractivity contribution in [1.82, 2.24) is 9.88 Å². The summed E-state index contributed by atoms with van der Waals surface area (Å²) in [6.07, 6.45) is 8.31. The summed E-state index contributed by atoms with van der Waals surface area (Å²) in [6, 6.07) is 7.86. The molecular formula is C23H29N3O3. The molecule has 3 saturated heterocycles. The van der Waals surface area contributed by atoms with E-state index in [0.717, 1.165) is 66.7 Å². The van der Waals surface area contributed by atoms with Crippen molar-refractivity contribution in [2.24, 2.45) is 11.1 Å². The van der Waals surface area contributed by atoms with Crippen molar-refractivity contribution in [3.8, 4) is 5.75 Å². The number of fused-ring (bicyclic) bond motifs is 4. The number of benzene rings is 1. The Morgan fingerprint density at radius 1 is 1.21 bits per heavy atom. The Morgan fingerprint density at radius 3 is 2.83 bits per heavy atom. The molecule has 1 aliphatic carbocycles. The maximum atomic E-state index is 11.3. The largest absolute Gasteiger partial charge is 0.497 e. The Morgan fingerprint density at radius 2 is 2.07 bits per heavy atom. The Labute approximate surface area is 171 Å². The molecule has 3 aliphatic heterocycles. The number of aromatic nitrogens is 1. The van der Waals surface area contributed by atoms with Gasteiger partial charge in [0.25, 0.3) is 0 Å². The molecule has 1 N–H and O–H groups in total. The number of rotatable bonds is 5.